The SMILES string of the molecule is [C-]#[N+]c1cc(Cl)ccc1OP(=O)(N[C@@H](C)C(=O)OCc1ccccc1)Oc1cccc2ccccc12. The number of ether oxygens (including phenoxy) is 1. The fourth-order valence-corrected chi connectivity index (χ4v) is 5.12. The lowest BCUT2D eigenvalue weighted by Gasteiger charge is -2.24. The van der Waals surface area contributed by atoms with Crippen molar-refractivity contribution in [3.63, 3.8) is 0 Å². The number of benzene rings is 4. The topological polar surface area (TPSA) is 78.2 Å². The summed E-state index contributed by atoms with van der Waals surface area (Å²) in [7, 11) is -4.27. The molecule has 7 nitrogen and oxygen atoms in total. The zero-order valence-electron chi connectivity index (χ0n) is 19.3. The number of hydrogen-bond donors (Lipinski definition) is 1. The summed E-state index contributed by atoms with van der Waals surface area (Å²) in [6.45, 7) is 8.97. The highest BCUT2D eigenvalue weighted by atomic mass is 35.5. The second-order valence-electron chi connectivity index (χ2n) is 7.83. The Balaban J connectivity index is 1.61. The van der Waals surface area contributed by atoms with E-state index in [4.69, 9.17) is 32.0 Å². The molecule has 0 spiro atoms. The minimum atomic E-state index is -4.27. The van der Waals surface area contributed by atoms with Gasteiger partial charge in [-0.25, -0.2) is 9.41 Å². The van der Waals surface area contributed by atoms with E-state index in [0.717, 1.165) is 10.9 Å². The smallest absolute Gasteiger partial charge is 0.460 e. The average molecular weight is 521 g/mol. The third-order valence-corrected chi connectivity index (χ3v) is 6.97. The van der Waals surface area contributed by atoms with Crippen LogP contribution in [0.3, 0.4) is 0 Å². The number of nitrogens with one attached hydrogen (secondary N) is 1. The second-order valence-corrected chi connectivity index (χ2v) is 9.88. The van der Waals surface area contributed by atoms with Crippen molar-refractivity contribution in [1.82, 2.24) is 5.09 Å². The monoisotopic (exact) mass is 520 g/mol. The van der Waals surface area contributed by atoms with Crippen molar-refractivity contribution in [3.05, 3.63) is 113 Å². The third-order valence-electron chi connectivity index (χ3n) is 5.16. The van der Waals surface area contributed by atoms with E-state index in [1.165, 1.54) is 25.1 Å². The molecule has 0 amide bonds. The summed E-state index contributed by atoms with van der Waals surface area (Å²) in [5, 5.41) is 4.55. The summed E-state index contributed by atoms with van der Waals surface area (Å²) in [4.78, 5) is 16.1. The van der Waals surface area contributed by atoms with Gasteiger partial charge in [0.05, 0.1) is 6.57 Å². The molecular formula is C27H22ClN2O5P. The van der Waals surface area contributed by atoms with Crippen molar-refractivity contribution in [2.24, 2.45) is 0 Å². The fraction of sp³-hybridized carbons (Fsp3) is 0.111. The molecule has 0 aromatic heterocycles. The number of halogens is 1. The van der Waals surface area contributed by atoms with Gasteiger partial charge in [-0.3, -0.25) is 4.79 Å². The minimum Gasteiger partial charge on any atom is -0.460 e. The van der Waals surface area contributed by atoms with Crippen LogP contribution in [-0.2, 0) is 20.7 Å². The predicted molar refractivity (Wildman–Crippen MR) is 139 cm³/mol. The quantitative estimate of drug-likeness (QED) is 0.141. The first-order valence-corrected chi connectivity index (χ1v) is 12.9. The van der Waals surface area contributed by atoms with Gasteiger partial charge in [0, 0.05) is 10.4 Å². The predicted octanol–water partition coefficient (Wildman–Crippen LogP) is 7.33. The minimum absolute atomic E-state index is 0.00433. The molecule has 0 saturated heterocycles. The number of carbonyl (C=O) groups excluding carboxylic acids is 1. The second kappa shape index (κ2) is 11.3. The van der Waals surface area contributed by atoms with E-state index < -0.39 is 19.8 Å². The number of nitrogens with zero attached hydrogens (tertiary/aromatic N) is 1. The van der Waals surface area contributed by atoms with Crippen molar-refractivity contribution in [2.75, 3.05) is 0 Å². The standard InChI is InChI=1S/C27H22ClN2O5P/c1-19(27(31)33-18-20-9-4-3-5-10-20)30-36(32,35-26-16-15-22(28)17-24(26)29-2)34-25-14-8-12-21-11-6-7-13-23(21)25/h3-17,19H,18H2,1H3,(H,30,32)/t19-,36?/m0/s1. The number of carbonyl (C=O) groups is 1. The van der Waals surface area contributed by atoms with Gasteiger partial charge in [0.25, 0.3) is 0 Å². The van der Waals surface area contributed by atoms with E-state index in [2.05, 4.69) is 9.93 Å². The van der Waals surface area contributed by atoms with E-state index in [1.54, 1.807) is 12.1 Å². The summed E-state index contributed by atoms with van der Waals surface area (Å²) < 4.78 is 31.1. The lowest BCUT2D eigenvalue weighted by molar-refractivity contribution is -0.146. The van der Waals surface area contributed by atoms with Crippen LogP contribution in [0.2, 0.25) is 5.02 Å². The molecule has 0 aliphatic carbocycles. The first-order chi connectivity index (χ1) is 17.4. The molecule has 1 N–H and O–H groups in total. The number of esters is 1. The summed E-state index contributed by atoms with van der Waals surface area (Å²) in [5.41, 5.74) is 0.859. The molecule has 1 unspecified atom stereocenters. The molecule has 4 rings (SSSR count). The zero-order chi connectivity index (χ0) is 25.5. The Morgan fingerprint density at radius 3 is 2.44 bits per heavy atom. The molecule has 9 heteroatoms. The van der Waals surface area contributed by atoms with Crippen LogP contribution in [0.25, 0.3) is 15.6 Å². The Morgan fingerprint density at radius 1 is 0.972 bits per heavy atom. The molecule has 4 aromatic carbocycles. The molecule has 36 heavy (non-hydrogen) atoms. The number of rotatable bonds is 9. The maximum Gasteiger partial charge on any atom is 0.512 e. The Hall–Kier alpha value is -3.82. The van der Waals surface area contributed by atoms with Crippen molar-refractivity contribution < 1.29 is 23.1 Å². The molecule has 0 aliphatic rings. The summed E-state index contributed by atoms with van der Waals surface area (Å²) >= 11 is 6.00. The Bertz CT molecular complexity index is 1470. The van der Waals surface area contributed by atoms with Crippen LogP contribution in [0.15, 0.2) is 91.0 Å². The highest BCUT2D eigenvalue weighted by Gasteiger charge is 2.35. The molecule has 182 valence electrons. The lowest BCUT2D eigenvalue weighted by atomic mass is 10.1. The van der Waals surface area contributed by atoms with Crippen molar-refractivity contribution in [1.29, 1.82) is 0 Å². The average Bonchev–Trinajstić information content (AvgIpc) is 2.89. The van der Waals surface area contributed by atoms with Crippen LogP contribution < -0.4 is 14.1 Å². The van der Waals surface area contributed by atoms with Gasteiger partial charge in [-0.2, -0.15) is 5.09 Å². The Morgan fingerprint density at radius 2 is 1.67 bits per heavy atom. The van der Waals surface area contributed by atoms with E-state index in [9.17, 15) is 9.36 Å². The summed E-state index contributed by atoms with van der Waals surface area (Å²) in [6, 6.07) is 25.2. The summed E-state index contributed by atoms with van der Waals surface area (Å²) in [5.74, 6) is -0.367. The van der Waals surface area contributed by atoms with Crippen molar-refractivity contribution in [2.45, 2.75) is 19.6 Å². The first kappa shape index (κ1) is 25.3. The third kappa shape index (κ3) is 6.24. The molecule has 2 atom stereocenters. The van der Waals surface area contributed by atoms with Crippen molar-refractivity contribution in [3.8, 4) is 11.5 Å². The van der Waals surface area contributed by atoms with Crippen LogP contribution in [0.1, 0.15) is 12.5 Å². The summed E-state index contributed by atoms with van der Waals surface area (Å²) in [6.07, 6.45) is 0. The molecule has 0 radical (unpaired) electrons. The van der Waals surface area contributed by atoms with Gasteiger partial charge < -0.3 is 13.8 Å². The molecule has 0 saturated carbocycles. The van der Waals surface area contributed by atoms with Gasteiger partial charge in [-0.1, -0.05) is 78.3 Å². The molecule has 0 bridgehead atoms. The van der Waals surface area contributed by atoms with Crippen LogP contribution in [0.5, 0.6) is 11.5 Å². The Kier molecular flexibility index (Phi) is 7.92. The molecule has 0 fully saturated rings. The number of fused-ring (bicyclic) bond motifs is 1. The normalized spacial score (nSPS) is 13.2. The van der Waals surface area contributed by atoms with E-state index in [-0.39, 0.29) is 23.8 Å². The van der Waals surface area contributed by atoms with Crippen LogP contribution >= 0.6 is 19.3 Å². The fourth-order valence-electron chi connectivity index (χ4n) is 3.40. The molecular weight excluding hydrogens is 499 g/mol. The molecule has 4 aromatic rings. The lowest BCUT2D eigenvalue weighted by Crippen LogP contribution is -2.35. The highest BCUT2D eigenvalue weighted by molar-refractivity contribution is 7.52. The largest absolute Gasteiger partial charge is 0.512 e. The van der Waals surface area contributed by atoms with Crippen molar-refractivity contribution >= 4 is 41.8 Å². The van der Waals surface area contributed by atoms with Gasteiger partial charge in [-0.05, 0) is 42.1 Å². The van der Waals surface area contributed by atoms with E-state index in [0.29, 0.717) is 10.4 Å². The van der Waals surface area contributed by atoms with Crippen LogP contribution in [0, 0.1) is 6.57 Å². The first-order valence-electron chi connectivity index (χ1n) is 11.0. The van der Waals surface area contributed by atoms with Crippen LogP contribution in [0.4, 0.5) is 5.69 Å². The van der Waals surface area contributed by atoms with Gasteiger partial charge in [0.1, 0.15) is 24.1 Å². The molecule has 0 aliphatic heterocycles. The van der Waals surface area contributed by atoms with E-state index >= 15 is 0 Å². The van der Waals surface area contributed by atoms with Gasteiger partial charge in [0.2, 0.25) is 5.69 Å². The van der Waals surface area contributed by atoms with Crippen LogP contribution in [-0.4, -0.2) is 12.0 Å². The van der Waals surface area contributed by atoms with Gasteiger partial charge in [-0.15, -0.1) is 0 Å². The maximum absolute atomic E-state index is 14.0. The number of hydrogen-bond acceptors (Lipinski definition) is 5. The van der Waals surface area contributed by atoms with E-state index in [1.807, 2.05) is 60.7 Å². The van der Waals surface area contributed by atoms with Gasteiger partial charge in [0.15, 0.2) is 0 Å². The molecule has 0 heterocycles. The zero-order valence-corrected chi connectivity index (χ0v) is 20.9. The maximum atomic E-state index is 14.0. The van der Waals surface area contributed by atoms with Gasteiger partial charge >= 0.3 is 13.7 Å². The highest BCUT2D eigenvalue weighted by Crippen LogP contribution is 2.49. The Labute approximate surface area is 214 Å².